The van der Waals surface area contributed by atoms with Gasteiger partial charge in [-0.15, -0.1) is 0 Å². The lowest BCUT2D eigenvalue weighted by molar-refractivity contribution is 0.102. The van der Waals surface area contributed by atoms with E-state index in [1.165, 1.54) is 24.6 Å². The van der Waals surface area contributed by atoms with Crippen LogP contribution in [0.3, 0.4) is 0 Å². The first-order chi connectivity index (χ1) is 17.4. The summed E-state index contributed by atoms with van der Waals surface area (Å²) >= 11 is 5.46. The Bertz CT molecular complexity index is 1230. The molecule has 1 heterocycles. The fourth-order valence-corrected chi connectivity index (χ4v) is 5.53. The van der Waals surface area contributed by atoms with Crippen molar-refractivity contribution >= 4 is 45.6 Å². The minimum Gasteiger partial charge on any atom is -0.356 e. The first-order valence-electron chi connectivity index (χ1n) is 11.9. The van der Waals surface area contributed by atoms with Gasteiger partial charge in [-0.25, -0.2) is 12.9 Å². The Labute approximate surface area is 218 Å². The van der Waals surface area contributed by atoms with Crippen LogP contribution in [0.2, 0.25) is 0 Å². The number of piperidine rings is 1. The molecule has 2 atom stereocenters. The van der Waals surface area contributed by atoms with Crippen molar-refractivity contribution in [2.45, 2.75) is 37.1 Å². The van der Waals surface area contributed by atoms with E-state index in [0.29, 0.717) is 10.8 Å². The fraction of sp³-hybridized carbons (Fsp3) is 0.259. The lowest BCUT2D eigenvalue weighted by Crippen LogP contribution is -2.32. The van der Waals surface area contributed by atoms with Crippen LogP contribution in [-0.2, 0) is 11.0 Å². The molecule has 1 aliphatic rings. The van der Waals surface area contributed by atoms with E-state index in [9.17, 15) is 13.4 Å². The van der Waals surface area contributed by atoms with Gasteiger partial charge in [0.2, 0.25) is 0 Å². The summed E-state index contributed by atoms with van der Waals surface area (Å²) in [6.45, 7) is 3.77. The van der Waals surface area contributed by atoms with E-state index >= 15 is 0 Å². The predicted molar refractivity (Wildman–Crippen MR) is 147 cm³/mol. The molecule has 3 aromatic carbocycles. The number of anilines is 2. The zero-order chi connectivity index (χ0) is 25.5. The Balaban J connectivity index is 1.28. The smallest absolute Gasteiger partial charge is 0.258 e. The van der Waals surface area contributed by atoms with Crippen LogP contribution in [0.5, 0.6) is 0 Å². The summed E-state index contributed by atoms with van der Waals surface area (Å²) in [5.74, 6) is -1.07. The van der Waals surface area contributed by atoms with Crippen LogP contribution in [0, 0.1) is 5.82 Å². The van der Waals surface area contributed by atoms with Crippen LogP contribution in [-0.4, -0.2) is 32.6 Å². The van der Waals surface area contributed by atoms with Gasteiger partial charge in [-0.2, -0.15) is 0 Å². The summed E-state index contributed by atoms with van der Waals surface area (Å²) in [6.07, 6.45) is 3.40. The molecule has 3 N–H and O–H groups in total. The first kappa shape index (κ1) is 25.9. The number of hydrogen-bond acceptors (Lipinski definition) is 3. The summed E-state index contributed by atoms with van der Waals surface area (Å²) in [4.78, 5) is 13.1. The van der Waals surface area contributed by atoms with Crippen molar-refractivity contribution in [2.75, 3.05) is 23.7 Å². The summed E-state index contributed by atoms with van der Waals surface area (Å²) in [7, 11) is -1.12. The highest BCUT2D eigenvalue weighted by atomic mass is 32.2. The molecule has 0 aromatic heterocycles. The van der Waals surface area contributed by atoms with E-state index < -0.39 is 22.7 Å². The lowest BCUT2D eigenvalue weighted by Gasteiger charge is -2.25. The van der Waals surface area contributed by atoms with E-state index in [4.69, 9.17) is 12.2 Å². The topological polar surface area (TPSA) is 73.5 Å². The number of amides is 1. The van der Waals surface area contributed by atoms with Gasteiger partial charge in [0.1, 0.15) is 16.8 Å². The van der Waals surface area contributed by atoms with E-state index in [1.54, 1.807) is 30.3 Å². The minimum atomic E-state index is -1.12. The maximum absolute atomic E-state index is 13.8. The van der Waals surface area contributed by atoms with Gasteiger partial charge in [-0.3, -0.25) is 4.79 Å². The summed E-state index contributed by atoms with van der Waals surface area (Å²) in [5.41, 5.74) is 2.31. The summed E-state index contributed by atoms with van der Waals surface area (Å²) in [6, 6.07) is 20.6. The van der Waals surface area contributed by atoms with Gasteiger partial charge in [-0.1, -0.05) is 30.7 Å². The van der Waals surface area contributed by atoms with Crippen molar-refractivity contribution < 1.29 is 13.4 Å². The van der Waals surface area contributed by atoms with E-state index in [1.807, 2.05) is 35.5 Å². The Kier molecular flexibility index (Phi) is 8.79. The van der Waals surface area contributed by atoms with Crippen molar-refractivity contribution in [3.05, 3.63) is 89.7 Å². The molecule has 6 nitrogen and oxygen atoms in total. The number of rotatable bonds is 7. The third-order valence-electron chi connectivity index (χ3n) is 6.00. The molecule has 4 rings (SSSR count). The highest BCUT2D eigenvalue weighted by Crippen LogP contribution is 2.20. The average Bonchev–Trinajstić information content (AvgIpc) is 2.90. The average molecular weight is 525 g/mol. The second-order valence-corrected chi connectivity index (χ2v) is 10.5. The van der Waals surface area contributed by atoms with Crippen molar-refractivity contribution in [3.8, 4) is 0 Å². The molecule has 1 saturated heterocycles. The maximum atomic E-state index is 13.8. The molecule has 188 valence electrons. The van der Waals surface area contributed by atoms with Gasteiger partial charge >= 0.3 is 0 Å². The summed E-state index contributed by atoms with van der Waals surface area (Å²) in [5, 5.41) is 9.52. The van der Waals surface area contributed by atoms with Gasteiger partial charge in [0, 0.05) is 24.5 Å². The Hall–Kier alpha value is -3.14. The van der Waals surface area contributed by atoms with Crippen LogP contribution < -0.4 is 16.0 Å². The Morgan fingerprint density at radius 2 is 1.53 bits per heavy atom. The molecular formula is C27H29FN4O2S2. The number of thiocarbonyl (C=S) groups is 1. The van der Waals surface area contributed by atoms with Crippen LogP contribution in [0.1, 0.15) is 48.1 Å². The predicted octanol–water partition coefficient (Wildman–Crippen LogP) is 5.63. The molecule has 1 fully saturated rings. The third kappa shape index (κ3) is 6.75. The minimum absolute atomic E-state index is 0.00941. The zero-order valence-electron chi connectivity index (χ0n) is 20.0. The van der Waals surface area contributed by atoms with Crippen LogP contribution in [0.25, 0.3) is 0 Å². The van der Waals surface area contributed by atoms with Gasteiger partial charge in [-0.05, 0) is 86.1 Å². The quantitative estimate of drug-likeness (QED) is 0.349. The largest absolute Gasteiger partial charge is 0.356 e. The normalized spacial score (nSPS) is 15.5. The van der Waals surface area contributed by atoms with Gasteiger partial charge in [0.15, 0.2) is 5.11 Å². The number of carbonyl (C=O) groups is 1. The first-order valence-corrected chi connectivity index (χ1v) is 13.4. The van der Waals surface area contributed by atoms with Crippen molar-refractivity contribution in [2.24, 2.45) is 0 Å². The number of nitrogens with one attached hydrogen (secondary N) is 3. The molecule has 36 heavy (non-hydrogen) atoms. The van der Waals surface area contributed by atoms with Gasteiger partial charge < -0.3 is 16.0 Å². The SMILES string of the molecule is CC(NC(=S)Nc1ccc(NC(=O)c2ccccc2F)cc1)c1ccc(S(=O)N2CCCCC2)cc1. The third-order valence-corrected chi connectivity index (χ3v) is 7.73. The standard InChI is InChI=1S/C27H29FN4O2S2/c1-19(20-9-15-23(16-10-20)36(34)32-17-5-2-6-18-32)29-27(35)31-22-13-11-21(12-14-22)30-26(33)24-7-3-4-8-25(24)28/h3-4,7-16,19H,2,5-6,17-18H2,1H3,(H,30,33)(H2,29,31,35). The van der Waals surface area contributed by atoms with Crippen LogP contribution >= 0.6 is 12.2 Å². The number of halogens is 1. The molecule has 0 saturated carbocycles. The van der Waals surface area contributed by atoms with E-state index in [2.05, 4.69) is 16.0 Å². The Morgan fingerprint density at radius 3 is 2.17 bits per heavy atom. The zero-order valence-corrected chi connectivity index (χ0v) is 21.6. The summed E-state index contributed by atoms with van der Waals surface area (Å²) < 4.78 is 28.6. The highest BCUT2D eigenvalue weighted by Gasteiger charge is 2.18. The molecule has 0 radical (unpaired) electrons. The van der Waals surface area contributed by atoms with E-state index in [0.717, 1.165) is 42.1 Å². The fourth-order valence-electron chi connectivity index (χ4n) is 3.98. The van der Waals surface area contributed by atoms with Crippen LogP contribution in [0.15, 0.2) is 77.7 Å². The molecule has 0 bridgehead atoms. The number of carbonyl (C=O) groups excluding carboxylic acids is 1. The number of hydrogen-bond donors (Lipinski definition) is 3. The highest BCUT2D eigenvalue weighted by molar-refractivity contribution is 7.82. The number of benzene rings is 3. The monoisotopic (exact) mass is 524 g/mol. The van der Waals surface area contributed by atoms with Crippen molar-refractivity contribution in [1.82, 2.24) is 9.62 Å². The van der Waals surface area contributed by atoms with Gasteiger partial charge in [0.05, 0.1) is 16.5 Å². The van der Waals surface area contributed by atoms with Crippen molar-refractivity contribution in [1.29, 1.82) is 0 Å². The second-order valence-electron chi connectivity index (χ2n) is 8.64. The van der Waals surface area contributed by atoms with Gasteiger partial charge in [0.25, 0.3) is 5.91 Å². The molecular weight excluding hydrogens is 495 g/mol. The molecule has 1 aliphatic heterocycles. The Morgan fingerprint density at radius 1 is 0.917 bits per heavy atom. The second kappa shape index (κ2) is 12.2. The molecule has 2 unspecified atom stereocenters. The molecule has 9 heteroatoms. The number of nitrogens with zero attached hydrogens (tertiary/aromatic N) is 1. The van der Waals surface area contributed by atoms with Crippen LogP contribution in [0.4, 0.5) is 15.8 Å². The van der Waals surface area contributed by atoms with Crippen molar-refractivity contribution in [3.63, 3.8) is 0 Å². The molecule has 3 aromatic rings. The molecule has 0 spiro atoms. The molecule has 0 aliphatic carbocycles. The maximum Gasteiger partial charge on any atom is 0.258 e. The van der Waals surface area contributed by atoms with E-state index in [-0.39, 0.29) is 11.6 Å². The lowest BCUT2D eigenvalue weighted by atomic mass is 10.1. The molecule has 1 amide bonds.